The summed E-state index contributed by atoms with van der Waals surface area (Å²) >= 11 is 0. The molecule has 0 saturated heterocycles. The number of carbonyl (C=O) groups excluding carboxylic acids is 2. The number of hydrogen-bond donors (Lipinski definition) is 1. The van der Waals surface area contributed by atoms with E-state index in [2.05, 4.69) is 5.32 Å². The molecule has 2 aromatic carbocycles. The van der Waals surface area contributed by atoms with E-state index in [0.29, 0.717) is 11.3 Å². The van der Waals surface area contributed by atoms with E-state index < -0.39 is 5.97 Å². The minimum absolute atomic E-state index is 0.303. The van der Waals surface area contributed by atoms with Gasteiger partial charge in [-0.15, -0.1) is 0 Å². The van der Waals surface area contributed by atoms with Crippen LogP contribution in [0.5, 0.6) is 5.75 Å². The lowest BCUT2D eigenvalue weighted by molar-refractivity contribution is -0.119. The summed E-state index contributed by atoms with van der Waals surface area (Å²) < 4.78 is 10.3. The fourth-order valence-corrected chi connectivity index (χ4v) is 2.38. The van der Waals surface area contributed by atoms with Crippen LogP contribution in [0.15, 0.2) is 36.4 Å². The highest BCUT2D eigenvalue weighted by Gasteiger charge is 2.16. The van der Waals surface area contributed by atoms with E-state index in [1.165, 1.54) is 7.11 Å². The summed E-state index contributed by atoms with van der Waals surface area (Å²) in [5.74, 6) is -0.555. The monoisotopic (exact) mass is 327 g/mol. The van der Waals surface area contributed by atoms with Gasteiger partial charge in [-0.05, 0) is 44.0 Å². The molecule has 1 amide bonds. The van der Waals surface area contributed by atoms with Gasteiger partial charge in [-0.25, -0.2) is 4.79 Å². The molecule has 5 heteroatoms. The van der Waals surface area contributed by atoms with Crippen molar-refractivity contribution in [3.8, 4) is 5.75 Å². The number of rotatable bonds is 5. The van der Waals surface area contributed by atoms with Crippen molar-refractivity contribution < 1.29 is 19.1 Å². The maximum atomic E-state index is 12.2. The third kappa shape index (κ3) is 4.13. The van der Waals surface area contributed by atoms with Gasteiger partial charge in [0.05, 0.1) is 7.11 Å². The van der Waals surface area contributed by atoms with Gasteiger partial charge in [-0.3, -0.25) is 4.79 Å². The molecule has 0 radical (unpaired) electrons. The van der Waals surface area contributed by atoms with Crippen molar-refractivity contribution >= 4 is 17.6 Å². The highest BCUT2D eigenvalue weighted by atomic mass is 16.5. The Hall–Kier alpha value is -2.82. The minimum Gasteiger partial charge on any atom is -0.496 e. The molecular formula is C19H21NO4. The first-order chi connectivity index (χ1) is 11.4. The molecule has 2 rings (SSSR count). The highest BCUT2D eigenvalue weighted by molar-refractivity contribution is 5.97. The second-order valence-corrected chi connectivity index (χ2v) is 5.59. The van der Waals surface area contributed by atoms with Crippen LogP contribution in [-0.4, -0.2) is 25.6 Å². The Morgan fingerprint density at radius 2 is 1.71 bits per heavy atom. The predicted molar refractivity (Wildman–Crippen MR) is 92.6 cm³/mol. The molecule has 0 saturated carbocycles. The van der Waals surface area contributed by atoms with Crippen LogP contribution in [0.2, 0.25) is 0 Å². The molecule has 0 bridgehead atoms. The van der Waals surface area contributed by atoms with Crippen molar-refractivity contribution in [1.82, 2.24) is 0 Å². The Morgan fingerprint density at radius 3 is 2.33 bits per heavy atom. The maximum Gasteiger partial charge on any atom is 0.342 e. The molecule has 0 heterocycles. The number of ether oxygens (including phenoxy) is 2. The summed E-state index contributed by atoms with van der Waals surface area (Å²) in [7, 11) is 1.48. The first-order valence-corrected chi connectivity index (χ1v) is 7.60. The summed E-state index contributed by atoms with van der Waals surface area (Å²) in [6.07, 6.45) is 0. The van der Waals surface area contributed by atoms with E-state index in [4.69, 9.17) is 9.47 Å². The zero-order valence-corrected chi connectivity index (χ0v) is 14.3. The lowest BCUT2D eigenvalue weighted by Crippen LogP contribution is -2.22. The first-order valence-electron chi connectivity index (χ1n) is 7.60. The Bertz CT molecular complexity index is 748. The number of carbonyl (C=O) groups is 2. The number of anilines is 1. The van der Waals surface area contributed by atoms with Gasteiger partial charge in [0.25, 0.3) is 5.91 Å². The smallest absolute Gasteiger partial charge is 0.342 e. The Morgan fingerprint density at radius 1 is 1.04 bits per heavy atom. The number of para-hydroxylation sites is 1. The molecule has 0 aliphatic heterocycles. The third-order valence-corrected chi connectivity index (χ3v) is 3.65. The molecule has 0 aliphatic carbocycles. The van der Waals surface area contributed by atoms with Crippen LogP contribution >= 0.6 is 0 Å². The molecule has 1 N–H and O–H groups in total. The average molecular weight is 327 g/mol. The fraction of sp³-hybridized carbons (Fsp3) is 0.263. The van der Waals surface area contributed by atoms with Crippen molar-refractivity contribution in [3.63, 3.8) is 0 Å². The standard InChI is InChI=1S/C19H21NO4/c1-12-8-9-16(23-4)15(10-12)19(22)24-11-17(21)20-18-13(2)6-5-7-14(18)3/h5-10H,11H2,1-4H3,(H,20,21). The van der Waals surface area contributed by atoms with Crippen LogP contribution in [0.3, 0.4) is 0 Å². The van der Waals surface area contributed by atoms with E-state index in [9.17, 15) is 9.59 Å². The van der Waals surface area contributed by atoms with Gasteiger partial charge in [-0.2, -0.15) is 0 Å². The zero-order chi connectivity index (χ0) is 17.7. The third-order valence-electron chi connectivity index (χ3n) is 3.65. The lowest BCUT2D eigenvalue weighted by Gasteiger charge is -2.12. The van der Waals surface area contributed by atoms with Crippen LogP contribution < -0.4 is 10.1 Å². The van der Waals surface area contributed by atoms with Crippen LogP contribution in [0.25, 0.3) is 0 Å². The Kier molecular flexibility index (Phi) is 5.58. The molecule has 0 fully saturated rings. The number of nitrogens with one attached hydrogen (secondary N) is 1. The van der Waals surface area contributed by atoms with Crippen LogP contribution in [-0.2, 0) is 9.53 Å². The molecule has 0 spiro atoms. The van der Waals surface area contributed by atoms with Gasteiger partial charge in [0.1, 0.15) is 11.3 Å². The van der Waals surface area contributed by atoms with E-state index in [1.54, 1.807) is 12.1 Å². The van der Waals surface area contributed by atoms with Gasteiger partial charge in [-0.1, -0.05) is 29.8 Å². The molecule has 126 valence electrons. The summed E-state index contributed by atoms with van der Waals surface area (Å²) in [5, 5.41) is 2.78. The summed E-state index contributed by atoms with van der Waals surface area (Å²) in [5.41, 5.74) is 3.86. The maximum absolute atomic E-state index is 12.2. The summed E-state index contributed by atoms with van der Waals surface area (Å²) in [6, 6.07) is 10.9. The SMILES string of the molecule is COc1ccc(C)cc1C(=O)OCC(=O)Nc1c(C)cccc1C. The van der Waals surface area contributed by atoms with Gasteiger partial charge < -0.3 is 14.8 Å². The van der Waals surface area contributed by atoms with Crippen molar-refractivity contribution in [2.45, 2.75) is 20.8 Å². The normalized spacial score (nSPS) is 10.2. The highest BCUT2D eigenvalue weighted by Crippen LogP contribution is 2.21. The molecule has 24 heavy (non-hydrogen) atoms. The Balaban J connectivity index is 2.02. The predicted octanol–water partition coefficient (Wildman–Crippen LogP) is 3.42. The molecule has 0 aliphatic rings. The number of benzene rings is 2. The topological polar surface area (TPSA) is 64.6 Å². The Labute approximate surface area is 141 Å². The van der Waals surface area contributed by atoms with Crippen LogP contribution in [0.4, 0.5) is 5.69 Å². The second kappa shape index (κ2) is 7.64. The number of esters is 1. The summed E-state index contributed by atoms with van der Waals surface area (Å²) in [4.78, 5) is 24.2. The molecule has 5 nitrogen and oxygen atoms in total. The molecule has 2 aromatic rings. The van der Waals surface area contributed by atoms with Crippen molar-refractivity contribution in [3.05, 3.63) is 58.7 Å². The van der Waals surface area contributed by atoms with Crippen LogP contribution in [0.1, 0.15) is 27.0 Å². The number of hydrogen-bond acceptors (Lipinski definition) is 4. The summed E-state index contributed by atoms with van der Waals surface area (Å²) in [6.45, 7) is 5.33. The lowest BCUT2D eigenvalue weighted by atomic mass is 10.1. The van der Waals surface area contributed by atoms with Crippen molar-refractivity contribution in [1.29, 1.82) is 0 Å². The first kappa shape index (κ1) is 17.5. The molecular weight excluding hydrogens is 306 g/mol. The van der Waals surface area contributed by atoms with E-state index in [0.717, 1.165) is 22.4 Å². The molecule has 0 aromatic heterocycles. The van der Waals surface area contributed by atoms with Crippen molar-refractivity contribution in [2.75, 3.05) is 19.0 Å². The van der Waals surface area contributed by atoms with E-state index in [1.807, 2.05) is 45.0 Å². The fourth-order valence-electron chi connectivity index (χ4n) is 2.38. The van der Waals surface area contributed by atoms with Gasteiger partial charge in [0, 0.05) is 5.69 Å². The molecule has 0 unspecified atom stereocenters. The number of methoxy groups -OCH3 is 1. The van der Waals surface area contributed by atoms with Gasteiger partial charge in [0.2, 0.25) is 0 Å². The number of aryl methyl sites for hydroxylation is 3. The quantitative estimate of drug-likeness (QED) is 0.855. The van der Waals surface area contributed by atoms with E-state index >= 15 is 0 Å². The average Bonchev–Trinajstić information content (AvgIpc) is 2.56. The van der Waals surface area contributed by atoms with Gasteiger partial charge >= 0.3 is 5.97 Å². The minimum atomic E-state index is -0.591. The van der Waals surface area contributed by atoms with Gasteiger partial charge in [0.15, 0.2) is 6.61 Å². The zero-order valence-electron chi connectivity index (χ0n) is 14.3. The number of amides is 1. The van der Waals surface area contributed by atoms with Crippen molar-refractivity contribution in [2.24, 2.45) is 0 Å². The second-order valence-electron chi connectivity index (χ2n) is 5.59. The largest absolute Gasteiger partial charge is 0.496 e. The van der Waals surface area contributed by atoms with Crippen LogP contribution in [0, 0.1) is 20.8 Å². The van der Waals surface area contributed by atoms with E-state index in [-0.39, 0.29) is 12.5 Å². The molecule has 0 atom stereocenters.